The normalized spacial score (nSPS) is 16.5. The summed E-state index contributed by atoms with van der Waals surface area (Å²) >= 11 is 3.15. The molecular weight excluding hydrogens is 323 g/mol. The Kier molecular flexibility index (Phi) is 4.18. The molecule has 0 spiro atoms. The number of hydrogen-bond acceptors (Lipinski definition) is 1. The van der Waals surface area contributed by atoms with Gasteiger partial charge >= 0.3 is 6.18 Å². The van der Waals surface area contributed by atoms with Gasteiger partial charge in [-0.15, -0.1) is 0 Å². The van der Waals surface area contributed by atoms with Gasteiger partial charge in [0, 0.05) is 17.6 Å². The molecule has 1 fully saturated rings. The van der Waals surface area contributed by atoms with Crippen LogP contribution in [0.3, 0.4) is 0 Å². The molecule has 104 valence electrons. The minimum absolute atomic E-state index is 0.0803. The first kappa shape index (κ1) is 14.4. The van der Waals surface area contributed by atoms with E-state index in [0.717, 1.165) is 31.4 Å². The summed E-state index contributed by atoms with van der Waals surface area (Å²) < 4.78 is 38.4. The Labute approximate surface area is 117 Å². The van der Waals surface area contributed by atoms with Crippen LogP contribution in [-0.2, 0) is 6.18 Å². The highest BCUT2D eigenvalue weighted by Gasteiger charge is 2.32. The average molecular weight is 336 g/mol. The first-order valence-corrected chi connectivity index (χ1v) is 6.85. The van der Waals surface area contributed by atoms with Gasteiger partial charge in [0.2, 0.25) is 0 Å². The molecule has 0 bridgehead atoms. The van der Waals surface area contributed by atoms with Gasteiger partial charge in [-0.1, -0.05) is 0 Å². The molecule has 2 nitrogen and oxygen atoms in total. The second-order valence-corrected chi connectivity index (χ2v) is 5.40. The summed E-state index contributed by atoms with van der Waals surface area (Å²) in [7, 11) is 0. The summed E-state index contributed by atoms with van der Waals surface area (Å²) in [6.45, 7) is 1.23. The summed E-state index contributed by atoms with van der Waals surface area (Å²) in [5.41, 5.74) is -0.715. The molecule has 0 N–H and O–H groups in total. The van der Waals surface area contributed by atoms with Crippen LogP contribution in [0.5, 0.6) is 0 Å². The van der Waals surface area contributed by atoms with Crippen molar-refractivity contribution in [3.05, 3.63) is 33.8 Å². The number of halogens is 4. The Bertz CT molecular complexity index is 481. The Morgan fingerprint density at radius 1 is 1.16 bits per heavy atom. The predicted octanol–water partition coefficient (Wildman–Crippen LogP) is 4.09. The quantitative estimate of drug-likeness (QED) is 0.756. The topological polar surface area (TPSA) is 20.3 Å². The van der Waals surface area contributed by atoms with E-state index in [1.165, 1.54) is 6.07 Å². The molecule has 1 heterocycles. The lowest BCUT2D eigenvalue weighted by Gasteiger charge is -2.27. The molecule has 1 saturated heterocycles. The molecule has 19 heavy (non-hydrogen) atoms. The van der Waals surface area contributed by atoms with Gasteiger partial charge in [0.25, 0.3) is 5.91 Å². The number of nitrogens with zero attached hydrogens (tertiary/aromatic N) is 1. The van der Waals surface area contributed by atoms with Crippen LogP contribution in [0.25, 0.3) is 0 Å². The fourth-order valence-electron chi connectivity index (χ4n) is 2.13. The van der Waals surface area contributed by atoms with E-state index >= 15 is 0 Å². The molecule has 1 aromatic rings. The molecule has 0 aliphatic carbocycles. The third-order valence-corrected chi connectivity index (χ3v) is 3.86. The zero-order valence-electron chi connectivity index (χ0n) is 10.1. The van der Waals surface area contributed by atoms with Crippen LogP contribution >= 0.6 is 15.9 Å². The SMILES string of the molecule is O=C(c1cc(C(F)(F)F)ccc1Br)N1CCCCC1. The lowest BCUT2D eigenvalue weighted by molar-refractivity contribution is -0.137. The van der Waals surface area contributed by atoms with Crippen LogP contribution in [0.2, 0.25) is 0 Å². The van der Waals surface area contributed by atoms with E-state index in [9.17, 15) is 18.0 Å². The van der Waals surface area contributed by atoms with E-state index in [-0.39, 0.29) is 11.5 Å². The van der Waals surface area contributed by atoms with E-state index in [4.69, 9.17) is 0 Å². The zero-order chi connectivity index (χ0) is 14.0. The number of carbonyl (C=O) groups excluding carboxylic acids is 1. The van der Waals surface area contributed by atoms with E-state index in [2.05, 4.69) is 15.9 Å². The molecule has 1 aliphatic rings. The molecule has 0 unspecified atom stereocenters. The predicted molar refractivity (Wildman–Crippen MR) is 68.9 cm³/mol. The Hall–Kier alpha value is -1.04. The molecule has 0 saturated carbocycles. The van der Waals surface area contributed by atoms with Gasteiger partial charge in [-0.05, 0) is 53.4 Å². The van der Waals surface area contributed by atoms with Crippen LogP contribution in [0, 0.1) is 0 Å². The van der Waals surface area contributed by atoms with Crippen molar-refractivity contribution in [3.8, 4) is 0 Å². The van der Waals surface area contributed by atoms with Gasteiger partial charge in [0.15, 0.2) is 0 Å². The van der Waals surface area contributed by atoms with E-state index in [1.54, 1.807) is 4.90 Å². The minimum atomic E-state index is -4.43. The summed E-state index contributed by atoms with van der Waals surface area (Å²) in [5, 5.41) is 0. The number of rotatable bonds is 1. The lowest BCUT2D eigenvalue weighted by Crippen LogP contribution is -2.35. The largest absolute Gasteiger partial charge is 0.416 e. The maximum absolute atomic E-state index is 12.7. The van der Waals surface area contributed by atoms with Crippen LogP contribution in [0.1, 0.15) is 35.2 Å². The lowest BCUT2D eigenvalue weighted by atomic mass is 10.1. The number of likely N-dealkylation sites (tertiary alicyclic amines) is 1. The second kappa shape index (κ2) is 5.53. The summed E-state index contributed by atoms with van der Waals surface area (Å²) in [5.74, 6) is -0.335. The van der Waals surface area contributed by atoms with Crippen LogP contribution in [-0.4, -0.2) is 23.9 Å². The first-order valence-electron chi connectivity index (χ1n) is 6.05. The summed E-state index contributed by atoms with van der Waals surface area (Å²) in [4.78, 5) is 13.8. The fraction of sp³-hybridized carbons (Fsp3) is 0.462. The highest BCUT2D eigenvalue weighted by Crippen LogP contribution is 2.32. The molecule has 0 aromatic heterocycles. The second-order valence-electron chi connectivity index (χ2n) is 4.55. The van der Waals surface area contributed by atoms with E-state index in [1.807, 2.05) is 0 Å². The molecular formula is C13H13BrF3NO. The number of benzene rings is 1. The molecule has 1 aromatic carbocycles. The van der Waals surface area contributed by atoms with Crippen molar-refractivity contribution in [2.75, 3.05) is 13.1 Å². The highest BCUT2D eigenvalue weighted by molar-refractivity contribution is 9.10. The zero-order valence-corrected chi connectivity index (χ0v) is 11.7. The average Bonchev–Trinajstić information content (AvgIpc) is 2.38. The smallest absolute Gasteiger partial charge is 0.339 e. The molecule has 6 heteroatoms. The van der Waals surface area contributed by atoms with Crippen molar-refractivity contribution in [2.45, 2.75) is 25.4 Å². The van der Waals surface area contributed by atoms with E-state index < -0.39 is 11.7 Å². The van der Waals surface area contributed by atoms with Gasteiger partial charge in [0.1, 0.15) is 0 Å². The van der Waals surface area contributed by atoms with Crippen molar-refractivity contribution in [2.24, 2.45) is 0 Å². The third-order valence-electron chi connectivity index (χ3n) is 3.17. The molecule has 1 amide bonds. The number of hydrogen-bond donors (Lipinski definition) is 0. The number of alkyl halides is 3. The van der Waals surface area contributed by atoms with Crippen LogP contribution < -0.4 is 0 Å². The van der Waals surface area contributed by atoms with Gasteiger partial charge in [-0.3, -0.25) is 4.79 Å². The molecule has 2 rings (SSSR count). The number of amides is 1. The maximum atomic E-state index is 12.7. The van der Waals surface area contributed by atoms with Gasteiger partial charge in [0.05, 0.1) is 11.1 Å². The molecule has 1 aliphatic heterocycles. The number of carbonyl (C=O) groups is 1. The van der Waals surface area contributed by atoms with Crippen LogP contribution in [0.15, 0.2) is 22.7 Å². The van der Waals surface area contributed by atoms with Crippen molar-refractivity contribution >= 4 is 21.8 Å². The van der Waals surface area contributed by atoms with Crippen LogP contribution in [0.4, 0.5) is 13.2 Å². The fourth-order valence-corrected chi connectivity index (χ4v) is 2.55. The van der Waals surface area contributed by atoms with E-state index in [0.29, 0.717) is 17.6 Å². The summed E-state index contributed by atoms with van der Waals surface area (Å²) in [6.07, 6.45) is -1.56. The monoisotopic (exact) mass is 335 g/mol. The summed E-state index contributed by atoms with van der Waals surface area (Å²) in [6, 6.07) is 3.16. The molecule has 0 atom stereocenters. The van der Waals surface area contributed by atoms with Gasteiger partial charge in [-0.25, -0.2) is 0 Å². The third kappa shape index (κ3) is 3.29. The van der Waals surface area contributed by atoms with Crippen molar-refractivity contribution in [1.82, 2.24) is 4.90 Å². The minimum Gasteiger partial charge on any atom is -0.339 e. The maximum Gasteiger partial charge on any atom is 0.416 e. The Morgan fingerprint density at radius 3 is 2.37 bits per heavy atom. The van der Waals surface area contributed by atoms with Crippen molar-refractivity contribution in [1.29, 1.82) is 0 Å². The Balaban J connectivity index is 2.30. The molecule has 0 radical (unpaired) electrons. The first-order chi connectivity index (χ1) is 8.89. The van der Waals surface area contributed by atoms with Crippen molar-refractivity contribution in [3.63, 3.8) is 0 Å². The highest BCUT2D eigenvalue weighted by atomic mass is 79.9. The Morgan fingerprint density at radius 2 is 1.79 bits per heavy atom. The number of piperidine rings is 1. The van der Waals surface area contributed by atoms with Crippen molar-refractivity contribution < 1.29 is 18.0 Å². The van der Waals surface area contributed by atoms with Gasteiger partial charge in [-0.2, -0.15) is 13.2 Å². The van der Waals surface area contributed by atoms with Gasteiger partial charge < -0.3 is 4.90 Å². The standard InChI is InChI=1S/C13H13BrF3NO/c14-11-5-4-9(13(15,16)17)8-10(11)12(19)18-6-2-1-3-7-18/h4-5,8H,1-3,6-7H2.